The molecule has 1 fully saturated rings. The fourth-order valence-electron chi connectivity index (χ4n) is 2.55. The van der Waals surface area contributed by atoms with E-state index in [1.807, 2.05) is 0 Å². The predicted octanol–water partition coefficient (Wildman–Crippen LogP) is 2.78. The molecular weight excluding hydrogens is 332 g/mol. The van der Waals surface area contributed by atoms with Gasteiger partial charge in [0.05, 0.1) is 17.7 Å². The van der Waals surface area contributed by atoms with Gasteiger partial charge >= 0.3 is 5.97 Å². The van der Waals surface area contributed by atoms with Gasteiger partial charge in [-0.05, 0) is 42.5 Å². The number of hydrogen-bond donors (Lipinski definition) is 2. The summed E-state index contributed by atoms with van der Waals surface area (Å²) in [4.78, 5) is 36.7. The summed E-state index contributed by atoms with van der Waals surface area (Å²) in [6, 6.07) is 11.8. The lowest BCUT2D eigenvalue weighted by atomic mass is 10.2. The van der Waals surface area contributed by atoms with Crippen molar-refractivity contribution in [1.82, 2.24) is 0 Å². The van der Waals surface area contributed by atoms with Crippen LogP contribution in [0, 0.1) is 0 Å². The van der Waals surface area contributed by atoms with Gasteiger partial charge in [-0.2, -0.15) is 0 Å². The Kier molecular flexibility index (Phi) is 4.22. The van der Waals surface area contributed by atoms with E-state index in [0.717, 1.165) is 4.90 Å². The number of halogens is 1. The maximum absolute atomic E-state index is 12.5. The number of nitrogens with zero attached hydrogens (tertiary/aromatic N) is 1. The van der Waals surface area contributed by atoms with Crippen LogP contribution < -0.4 is 10.2 Å². The molecule has 1 saturated heterocycles. The first kappa shape index (κ1) is 16.0. The van der Waals surface area contributed by atoms with Crippen LogP contribution in [-0.4, -0.2) is 28.9 Å². The van der Waals surface area contributed by atoms with E-state index in [1.165, 1.54) is 24.3 Å². The van der Waals surface area contributed by atoms with Gasteiger partial charge in [-0.25, -0.2) is 9.69 Å². The average Bonchev–Trinajstić information content (AvgIpc) is 2.81. The summed E-state index contributed by atoms with van der Waals surface area (Å²) in [6.07, 6.45) is 0.0199. The number of amides is 2. The van der Waals surface area contributed by atoms with Crippen molar-refractivity contribution in [2.24, 2.45) is 0 Å². The molecule has 0 unspecified atom stereocenters. The van der Waals surface area contributed by atoms with Gasteiger partial charge in [0.1, 0.15) is 6.04 Å². The smallest absolute Gasteiger partial charge is 0.335 e. The van der Waals surface area contributed by atoms with Gasteiger partial charge in [-0.15, -0.1) is 0 Å². The number of carbonyl (C=O) groups is 3. The third kappa shape index (κ3) is 3.09. The Morgan fingerprint density at radius 2 is 1.88 bits per heavy atom. The van der Waals surface area contributed by atoms with Gasteiger partial charge < -0.3 is 10.4 Å². The lowest BCUT2D eigenvalue weighted by Gasteiger charge is -2.16. The molecule has 2 aromatic carbocycles. The highest BCUT2D eigenvalue weighted by Gasteiger charge is 2.39. The molecule has 0 bridgehead atoms. The second-order valence-corrected chi connectivity index (χ2v) is 5.77. The molecule has 7 heteroatoms. The molecule has 2 aromatic rings. The highest BCUT2D eigenvalue weighted by atomic mass is 35.5. The van der Waals surface area contributed by atoms with E-state index < -0.39 is 12.0 Å². The van der Waals surface area contributed by atoms with Crippen molar-refractivity contribution in [3.05, 3.63) is 59.1 Å². The van der Waals surface area contributed by atoms with Crippen molar-refractivity contribution >= 4 is 40.8 Å². The molecule has 0 aliphatic carbocycles. The Morgan fingerprint density at radius 3 is 2.50 bits per heavy atom. The van der Waals surface area contributed by atoms with Gasteiger partial charge in [0.15, 0.2) is 0 Å². The van der Waals surface area contributed by atoms with Crippen molar-refractivity contribution in [3.63, 3.8) is 0 Å². The van der Waals surface area contributed by atoms with Crippen LogP contribution in [0.2, 0.25) is 5.02 Å². The fraction of sp³-hybridized carbons (Fsp3) is 0.118. The van der Waals surface area contributed by atoms with Crippen LogP contribution in [0.15, 0.2) is 48.5 Å². The van der Waals surface area contributed by atoms with Gasteiger partial charge in [0.25, 0.3) is 5.91 Å². The van der Waals surface area contributed by atoms with Crippen LogP contribution >= 0.6 is 11.6 Å². The van der Waals surface area contributed by atoms with Crippen molar-refractivity contribution in [3.8, 4) is 0 Å². The number of imide groups is 1. The molecule has 0 aromatic heterocycles. The van der Waals surface area contributed by atoms with Crippen LogP contribution in [0.1, 0.15) is 16.8 Å². The van der Waals surface area contributed by atoms with E-state index in [2.05, 4.69) is 5.32 Å². The third-order valence-corrected chi connectivity index (χ3v) is 3.92. The zero-order chi connectivity index (χ0) is 17.3. The molecule has 0 spiro atoms. The minimum Gasteiger partial charge on any atom is -0.478 e. The van der Waals surface area contributed by atoms with Crippen molar-refractivity contribution in [2.75, 3.05) is 10.2 Å². The van der Waals surface area contributed by atoms with Gasteiger partial charge in [-0.3, -0.25) is 9.59 Å². The highest BCUT2D eigenvalue weighted by molar-refractivity contribution is 6.30. The van der Waals surface area contributed by atoms with E-state index in [1.54, 1.807) is 24.3 Å². The van der Waals surface area contributed by atoms with E-state index >= 15 is 0 Å². The van der Waals surface area contributed by atoms with Gasteiger partial charge in [-0.1, -0.05) is 17.7 Å². The van der Waals surface area contributed by atoms with E-state index in [4.69, 9.17) is 16.7 Å². The summed E-state index contributed by atoms with van der Waals surface area (Å²) < 4.78 is 0. The van der Waals surface area contributed by atoms with Crippen LogP contribution in [0.5, 0.6) is 0 Å². The Balaban J connectivity index is 1.80. The van der Waals surface area contributed by atoms with E-state index in [-0.39, 0.29) is 23.8 Å². The summed E-state index contributed by atoms with van der Waals surface area (Å²) in [5.41, 5.74) is 1.09. The quantitative estimate of drug-likeness (QED) is 0.833. The number of anilines is 2. The Labute approximate surface area is 142 Å². The molecule has 1 heterocycles. The molecule has 6 nitrogen and oxygen atoms in total. The number of aromatic carboxylic acids is 1. The summed E-state index contributed by atoms with van der Waals surface area (Å²) in [5.74, 6) is -1.80. The number of carboxylic acid groups (broad SMARTS) is 1. The van der Waals surface area contributed by atoms with Crippen LogP contribution in [0.25, 0.3) is 0 Å². The third-order valence-electron chi connectivity index (χ3n) is 3.68. The molecule has 0 radical (unpaired) electrons. The lowest BCUT2D eigenvalue weighted by molar-refractivity contribution is -0.121. The molecule has 1 aliphatic heterocycles. The Bertz CT molecular complexity index is 820. The van der Waals surface area contributed by atoms with Crippen molar-refractivity contribution < 1.29 is 19.5 Å². The zero-order valence-corrected chi connectivity index (χ0v) is 13.2. The van der Waals surface area contributed by atoms with Crippen molar-refractivity contribution in [1.29, 1.82) is 0 Å². The van der Waals surface area contributed by atoms with Crippen LogP contribution in [0.4, 0.5) is 11.4 Å². The maximum atomic E-state index is 12.5. The molecule has 1 aliphatic rings. The summed E-state index contributed by atoms with van der Waals surface area (Å²) >= 11 is 5.91. The molecule has 0 saturated carbocycles. The van der Waals surface area contributed by atoms with Crippen LogP contribution in [0.3, 0.4) is 0 Å². The number of nitrogens with one attached hydrogen (secondary N) is 1. The lowest BCUT2D eigenvalue weighted by Crippen LogP contribution is -2.34. The molecule has 24 heavy (non-hydrogen) atoms. The average molecular weight is 345 g/mol. The summed E-state index contributed by atoms with van der Waals surface area (Å²) in [6.45, 7) is 0. The zero-order valence-electron chi connectivity index (χ0n) is 12.4. The number of carboxylic acids is 1. The maximum Gasteiger partial charge on any atom is 0.335 e. The first-order chi connectivity index (χ1) is 11.5. The predicted molar refractivity (Wildman–Crippen MR) is 89.4 cm³/mol. The molecular formula is C17H13ClN2O4. The number of benzene rings is 2. The SMILES string of the molecule is O=C(O)c1ccc(N2C(=O)C[C@H](Nc3cccc(Cl)c3)C2=O)cc1. The minimum absolute atomic E-state index is 0.0199. The summed E-state index contributed by atoms with van der Waals surface area (Å²) in [7, 11) is 0. The first-order valence-corrected chi connectivity index (χ1v) is 7.56. The van der Waals surface area contributed by atoms with Gasteiger partial charge in [0.2, 0.25) is 5.91 Å². The normalized spacial score (nSPS) is 17.2. The molecule has 122 valence electrons. The highest BCUT2D eigenvalue weighted by Crippen LogP contribution is 2.26. The monoisotopic (exact) mass is 344 g/mol. The Morgan fingerprint density at radius 1 is 1.17 bits per heavy atom. The molecule has 3 rings (SSSR count). The second kappa shape index (κ2) is 6.33. The number of carbonyl (C=O) groups excluding carboxylic acids is 2. The standard InChI is InChI=1S/C17H13ClN2O4/c18-11-2-1-3-12(8-11)19-14-9-15(21)20(16(14)22)13-6-4-10(5-7-13)17(23)24/h1-8,14,19H,9H2,(H,23,24)/t14-/m0/s1. The first-order valence-electron chi connectivity index (χ1n) is 7.18. The summed E-state index contributed by atoms with van der Waals surface area (Å²) in [5, 5.41) is 12.4. The van der Waals surface area contributed by atoms with Crippen LogP contribution in [-0.2, 0) is 9.59 Å². The minimum atomic E-state index is -1.07. The Hall–Kier alpha value is -2.86. The molecule has 2 N–H and O–H groups in total. The largest absolute Gasteiger partial charge is 0.478 e. The van der Waals surface area contributed by atoms with E-state index in [9.17, 15) is 14.4 Å². The topological polar surface area (TPSA) is 86.7 Å². The molecule has 2 amide bonds. The number of rotatable bonds is 4. The second-order valence-electron chi connectivity index (χ2n) is 5.33. The fourth-order valence-corrected chi connectivity index (χ4v) is 2.74. The van der Waals surface area contributed by atoms with Crippen molar-refractivity contribution in [2.45, 2.75) is 12.5 Å². The van der Waals surface area contributed by atoms with Gasteiger partial charge in [0, 0.05) is 10.7 Å². The van der Waals surface area contributed by atoms with E-state index in [0.29, 0.717) is 16.4 Å². The molecule has 1 atom stereocenters. The number of hydrogen-bond acceptors (Lipinski definition) is 4.